The van der Waals surface area contributed by atoms with Gasteiger partial charge in [0.15, 0.2) is 0 Å². The molecule has 2 atom stereocenters. The first kappa shape index (κ1) is 16.0. The molecular weight excluding hydrogens is 264 g/mol. The number of ether oxygens (including phenoxy) is 1. The number of hydrogen-bond donors (Lipinski definition) is 1. The number of hydrogen-bond acceptors (Lipinski definition) is 3. The van der Waals surface area contributed by atoms with Gasteiger partial charge in [0.1, 0.15) is 6.23 Å². The van der Waals surface area contributed by atoms with E-state index in [1.54, 1.807) is 0 Å². The molecule has 0 aliphatic carbocycles. The van der Waals surface area contributed by atoms with Gasteiger partial charge >= 0.3 is 0 Å². The number of carbonyl (C=O) groups excluding carboxylic acids is 1. The van der Waals surface area contributed by atoms with Crippen molar-refractivity contribution in [1.29, 1.82) is 0 Å². The van der Waals surface area contributed by atoms with Crippen LogP contribution in [0.2, 0.25) is 0 Å². The quantitative estimate of drug-likeness (QED) is 0.875. The van der Waals surface area contributed by atoms with Crippen LogP contribution in [0.5, 0.6) is 0 Å². The normalized spacial score (nSPS) is 20.0. The molecule has 4 nitrogen and oxygen atoms in total. The third-order valence-electron chi connectivity index (χ3n) is 4.14. The molecule has 0 saturated carbocycles. The van der Waals surface area contributed by atoms with Crippen molar-refractivity contribution in [2.24, 2.45) is 17.6 Å². The van der Waals surface area contributed by atoms with E-state index in [9.17, 15) is 4.79 Å². The summed E-state index contributed by atoms with van der Waals surface area (Å²) in [5.74, 6) is 0.298. The second-order valence-corrected chi connectivity index (χ2v) is 6.01. The zero-order valence-corrected chi connectivity index (χ0v) is 13.0. The molecule has 2 unspecified atom stereocenters. The maximum absolute atomic E-state index is 12.6. The lowest BCUT2D eigenvalue weighted by atomic mass is 9.94. The van der Waals surface area contributed by atoms with Crippen molar-refractivity contribution in [3.63, 3.8) is 0 Å². The van der Waals surface area contributed by atoms with Gasteiger partial charge in [-0.3, -0.25) is 4.79 Å². The zero-order chi connectivity index (χ0) is 15.2. The molecule has 1 heterocycles. The van der Waals surface area contributed by atoms with Crippen LogP contribution >= 0.6 is 0 Å². The van der Waals surface area contributed by atoms with Gasteiger partial charge in [-0.1, -0.05) is 44.2 Å². The van der Waals surface area contributed by atoms with Gasteiger partial charge in [-0.25, -0.2) is 0 Å². The standard InChI is InChI=1S/C17H26N2O2/c1-13(2)15(11-18)17(20)19-10-6-9-16(19)21-12-14-7-4-3-5-8-14/h3-5,7-8,13,15-16H,6,9-12,18H2,1-2H3. The van der Waals surface area contributed by atoms with E-state index < -0.39 is 0 Å². The van der Waals surface area contributed by atoms with Crippen LogP contribution in [0.25, 0.3) is 0 Å². The van der Waals surface area contributed by atoms with E-state index in [-0.39, 0.29) is 24.0 Å². The first-order valence-corrected chi connectivity index (χ1v) is 7.79. The Morgan fingerprint density at radius 3 is 2.71 bits per heavy atom. The Labute approximate surface area is 127 Å². The summed E-state index contributed by atoms with van der Waals surface area (Å²) in [6.45, 7) is 5.82. The highest BCUT2D eigenvalue weighted by atomic mass is 16.5. The third kappa shape index (κ3) is 4.05. The highest BCUT2D eigenvalue weighted by Crippen LogP contribution is 2.24. The summed E-state index contributed by atoms with van der Waals surface area (Å²) < 4.78 is 5.96. The van der Waals surface area contributed by atoms with E-state index in [1.165, 1.54) is 0 Å². The number of nitrogens with zero attached hydrogens (tertiary/aromatic N) is 1. The second kappa shape index (κ2) is 7.57. The number of likely N-dealkylation sites (tertiary alicyclic amines) is 1. The smallest absolute Gasteiger partial charge is 0.229 e. The molecule has 0 bridgehead atoms. The summed E-state index contributed by atoms with van der Waals surface area (Å²) in [4.78, 5) is 14.5. The highest BCUT2D eigenvalue weighted by Gasteiger charge is 2.34. The lowest BCUT2D eigenvalue weighted by molar-refractivity contribution is -0.148. The maximum Gasteiger partial charge on any atom is 0.229 e. The molecule has 2 rings (SSSR count). The predicted octanol–water partition coefficient (Wildman–Crippen LogP) is 2.38. The largest absolute Gasteiger partial charge is 0.354 e. The van der Waals surface area contributed by atoms with Crippen LogP contribution in [0, 0.1) is 11.8 Å². The average Bonchev–Trinajstić information content (AvgIpc) is 2.95. The Morgan fingerprint density at radius 1 is 1.38 bits per heavy atom. The fourth-order valence-electron chi connectivity index (χ4n) is 2.80. The fraction of sp³-hybridized carbons (Fsp3) is 0.588. The highest BCUT2D eigenvalue weighted by molar-refractivity contribution is 5.79. The Bertz CT molecular complexity index is 447. The average molecular weight is 290 g/mol. The molecule has 1 saturated heterocycles. The van der Waals surface area contributed by atoms with Gasteiger partial charge in [-0.2, -0.15) is 0 Å². The summed E-state index contributed by atoms with van der Waals surface area (Å²) in [6.07, 6.45) is 1.81. The number of carbonyl (C=O) groups is 1. The van der Waals surface area contributed by atoms with Crippen molar-refractivity contribution in [3.05, 3.63) is 35.9 Å². The number of amides is 1. The van der Waals surface area contributed by atoms with Crippen LogP contribution < -0.4 is 5.73 Å². The molecule has 1 aliphatic rings. The van der Waals surface area contributed by atoms with Crippen LogP contribution in [0.15, 0.2) is 30.3 Å². The van der Waals surface area contributed by atoms with E-state index in [4.69, 9.17) is 10.5 Å². The summed E-state index contributed by atoms with van der Waals surface area (Å²) in [7, 11) is 0. The van der Waals surface area contributed by atoms with Crippen LogP contribution in [0.4, 0.5) is 0 Å². The first-order valence-electron chi connectivity index (χ1n) is 7.79. The summed E-state index contributed by atoms with van der Waals surface area (Å²) in [5.41, 5.74) is 6.90. The molecule has 0 radical (unpaired) electrons. The molecule has 116 valence electrons. The molecule has 21 heavy (non-hydrogen) atoms. The SMILES string of the molecule is CC(C)C(CN)C(=O)N1CCCC1OCc1ccccc1. The molecule has 1 fully saturated rings. The summed E-state index contributed by atoms with van der Waals surface area (Å²) in [5, 5.41) is 0. The molecule has 1 aromatic rings. The number of benzene rings is 1. The van der Waals surface area contributed by atoms with Crippen LogP contribution in [-0.4, -0.2) is 30.1 Å². The van der Waals surface area contributed by atoms with E-state index >= 15 is 0 Å². The van der Waals surface area contributed by atoms with Gasteiger partial charge in [0.2, 0.25) is 5.91 Å². The van der Waals surface area contributed by atoms with Crippen LogP contribution in [-0.2, 0) is 16.1 Å². The topological polar surface area (TPSA) is 55.6 Å². The second-order valence-electron chi connectivity index (χ2n) is 6.01. The summed E-state index contributed by atoms with van der Waals surface area (Å²) in [6, 6.07) is 10.1. The molecule has 0 spiro atoms. The van der Waals surface area contributed by atoms with Gasteiger partial charge in [0.05, 0.1) is 12.5 Å². The van der Waals surface area contributed by atoms with Crippen molar-refractivity contribution in [3.8, 4) is 0 Å². The monoisotopic (exact) mass is 290 g/mol. The number of nitrogens with two attached hydrogens (primary N) is 1. The molecule has 1 amide bonds. The van der Waals surface area contributed by atoms with Crippen molar-refractivity contribution in [2.45, 2.75) is 39.5 Å². The molecule has 1 aliphatic heterocycles. The third-order valence-corrected chi connectivity index (χ3v) is 4.14. The predicted molar refractivity (Wildman–Crippen MR) is 83.3 cm³/mol. The zero-order valence-electron chi connectivity index (χ0n) is 13.0. The fourth-order valence-corrected chi connectivity index (χ4v) is 2.80. The molecule has 4 heteroatoms. The van der Waals surface area contributed by atoms with Gasteiger partial charge in [-0.05, 0) is 24.3 Å². The molecule has 0 aromatic heterocycles. The van der Waals surface area contributed by atoms with Crippen molar-refractivity contribution >= 4 is 5.91 Å². The minimum Gasteiger partial charge on any atom is -0.354 e. The molecule has 2 N–H and O–H groups in total. The van der Waals surface area contributed by atoms with Crippen LogP contribution in [0.3, 0.4) is 0 Å². The van der Waals surface area contributed by atoms with Crippen molar-refractivity contribution in [2.75, 3.05) is 13.1 Å². The van der Waals surface area contributed by atoms with Gasteiger partial charge < -0.3 is 15.4 Å². The minimum atomic E-state index is -0.106. The lowest BCUT2D eigenvalue weighted by Gasteiger charge is -2.30. The van der Waals surface area contributed by atoms with Crippen molar-refractivity contribution < 1.29 is 9.53 Å². The first-order chi connectivity index (χ1) is 10.1. The van der Waals surface area contributed by atoms with Gasteiger partial charge in [0.25, 0.3) is 0 Å². The van der Waals surface area contributed by atoms with Crippen LogP contribution in [0.1, 0.15) is 32.3 Å². The van der Waals surface area contributed by atoms with Gasteiger partial charge in [-0.15, -0.1) is 0 Å². The minimum absolute atomic E-state index is 0.106. The van der Waals surface area contributed by atoms with E-state index in [0.29, 0.717) is 13.2 Å². The number of rotatable bonds is 6. The Kier molecular flexibility index (Phi) is 5.76. The molecular formula is C17H26N2O2. The lowest BCUT2D eigenvalue weighted by Crippen LogP contribution is -2.44. The van der Waals surface area contributed by atoms with Gasteiger partial charge in [0, 0.05) is 13.1 Å². The van der Waals surface area contributed by atoms with E-state index in [2.05, 4.69) is 0 Å². The maximum atomic E-state index is 12.6. The van der Waals surface area contributed by atoms with E-state index in [1.807, 2.05) is 49.1 Å². The Morgan fingerprint density at radius 2 is 2.10 bits per heavy atom. The Hall–Kier alpha value is -1.39. The Balaban J connectivity index is 1.95. The summed E-state index contributed by atoms with van der Waals surface area (Å²) >= 11 is 0. The van der Waals surface area contributed by atoms with Crippen molar-refractivity contribution in [1.82, 2.24) is 4.90 Å². The molecule has 1 aromatic carbocycles. The van der Waals surface area contributed by atoms with E-state index in [0.717, 1.165) is 24.9 Å².